The van der Waals surface area contributed by atoms with Crippen LogP contribution in [-0.2, 0) is 13.0 Å². The molecule has 4 N–H and O–H groups in total. The fourth-order valence-corrected chi connectivity index (χ4v) is 6.12. The molecule has 47 heavy (non-hydrogen) atoms. The molecule has 3 aromatic heterocycles. The van der Waals surface area contributed by atoms with Gasteiger partial charge in [-0.2, -0.15) is 0 Å². The Balaban J connectivity index is 1.27. The molecule has 1 saturated heterocycles. The van der Waals surface area contributed by atoms with Crippen LogP contribution in [0.4, 0.5) is 11.6 Å². The molecule has 246 valence electrons. The second kappa shape index (κ2) is 14.2. The number of piperazine rings is 1. The quantitative estimate of drug-likeness (QED) is 0.155. The fraction of sp³-hybridized carbons (Fsp3) is 0.371. The van der Waals surface area contributed by atoms with Gasteiger partial charge in [-0.15, -0.1) is 5.10 Å². The summed E-state index contributed by atoms with van der Waals surface area (Å²) in [6, 6.07) is 13.1. The number of phenols is 1. The van der Waals surface area contributed by atoms with Gasteiger partial charge in [-0.3, -0.25) is 14.4 Å². The maximum atomic E-state index is 13.0. The van der Waals surface area contributed by atoms with Crippen molar-refractivity contribution in [2.45, 2.75) is 39.8 Å². The van der Waals surface area contributed by atoms with Crippen LogP contribution in [0, 0.1) is 6.92 Å². The van der Waals surface area contributed by atoms with Gasteiger partial charge in [0.15, 0.2) is 0 Å². The number of fused-ring (bicyclic) bond motifs is 1. The number of hydrogen-bond acceptors (Lipinski definition) is 9. The minimum atomic E-state index is -0.276. The monoisotopic (exact) mass is 637 g/mol. The molecule has 0 saturated carbocycles. The zero-order chi connectivity index (χ0) is 32.9. The molecular formula is C35H43N9O3. The first kappa shape index (κ1) is 32.0. The highest BCUT2D eigenvalue weighted by molar-refractivity contribution is 5.97. The van der Waals surface area contributed by atoms with Gasteiger partial charge < -0.3 is 30.4 Å². The number of carbonyl (C=O) groups is 1. The molecule has 4 heterocycles. The van der Waals surface area contributed by atoms with Crippen molar-refractivity contribution < 1.29 is 14.6 Å². The molecule has 0 aliphatic carbocycles. The lowest BCUT2D eigenvalue weighted by Crippen LogP contribution is -2.53. The summed E-state index contributed by atoms with van der Waals surface area (Å²) in [6.07, 6.45) is 6.47. The van der Waals surface area contributed by atoms with Gasteiger partial charge in [0.1, 0.15) is 11.4 Å². The molecule has 0 unspecified atom stereocenters. The molecule has 1 aliphatic rings. The molecular weight excluding hydrogens is 594 g/mol. The molecule has 5 aromatic rings. The SMILES string of the molecule is CCOc1nn(CC)cc1Nc1ncc(C)c(-c2c[nH]c3c(C[C@H](CNC(=O)c4ccccc4O)N4CCN(C)CC4)cccc23)n1. The molecule has 1 fully saturated rings. The Bertz CT molecular complexity index is 1840. The lowest BCUT2D eigenvalue weighted by molar-refractivity contribution is 0.0884. The molecule has 1 aliphatic heterocycles. The van der Waals surface area contributed by atoms with Gasteiger partial charge in [-0.1, -0.05) is 30.3 Å². The van der Waals surface area contributed by atoms with Crippen molar-refractivity contribution in [3.8, 4) is 22.9 Å². The number of nitrogens with one attached hydrogen (secondary N) is 3. The molecule has 12 heteroatoms. The van der Waals surface area contributed by atoms with Crippen LogP contribution >= 0.6 is 0 Å². The van der Waals surface area contributed by atoms with Crippen molar-refractivity contribution in [1.82, 2.24) is 39.8 Å². The van der Waals surface area contributed by atoms with E-state index in [9.17, 15) is 9.90 Å². The zero-order valence-electron chi connectivity index (χ0n) is 27.5. The number of phenolic OH excluding ortho intramolecular Hbond substituents is 1. The largest absolute Gasteiger partial charge is 0.507 e. The molecule has 1 amide bonds. The van der Waals surface area contributed by atoms with Crippen molar-refractivity contribution in [3.63, 3.8) is 0 Å². The molecule has 0 spiro atoms. The normalized spacial score (nSPS) is 14.7. The Morgan fingerprint density at radius 2 is 1.91 bits per heavy atom. The Morgan fingerprint density at radius 1 is 1.11 bits per heavy atom. The van der Waals surface area contributed by atoms with Gasteiger partial charge in [0.25, 0.3) is 11.8 Å². The number of aryl methyl sites for hydroxylation is 2. The van der Waals surface area contributed by atoms with Crippen molar-refractivity contribution in [2.24, 2.45) is 0 Å². The maximum Gasteiger partial charge on any atom is 0.256 e. The van der Waals surface area contributed by atoms with E-state index in [1.165, 1.54) is 6.07 Å². The van der Waals surface area contributed by atoms with E-state index in [0.717, 1.165) is 72.4 Å². The Hall–Kier alpha value is -4.94. The van der Waals surface area contributed by atoms with Crippen molar-refractivity contribution in [2.75, 3.05) is 51.7 Å². The lowest BCUT2D eigenvalue weighted by atomic mass is 9.99. The first-order chi connectivity index (χ1) is 22.8. The van der Waals surface area contributed by atoms with E-state index in [0.29, 0.717) is 30.7 Å². The first-order valence-electron chi connectivity index (χ1n) is 16.2. The fourth-order valence-electron chi connectivity index (χ4n) is 6.12. The third-order valence-electron chi connectivity index (χ3n) is 8.76. The Kier molecular flexibility index (Phi) is 9.69. The first-order valence-corrected chi connectivity index (χ1v) is 16.2. The summed E-state index contributed by atoms with van der Waals surface area (Å²) in [5.74, 6) is 0.683. The lowest BCUT2D eigenvalue weighted by Gasteiger charge is -2.38. The number of rotatable bonds is 12. The van der Waals surface area contributed by atoms with Crippen LogP contribution in [-0.4, -0.2) is 98.0 Å². The number of hydrogen-bond donors (Lipinski definition) is 4. The highest BCUT2D eigenvalue weighted by atomic mass is 16.5. The maximum absolute atomic E-state index is 13.0. The minimum Gasteiger partial charge on any atom is -0.507 e. The summed E-state index contributed by atoms with van der Waals surface area (Å²) in [6.45, 7) is 11.4. The van der Waals surface area contributed by atoms with E-state index in [1.807, 2.05) is 44.0 Å². The predicted molar refractivity (Wildman–Crippen MR) is 183 cm³/mol. The van der Waals surface area contributed by atoms with Crippen LogP contribution < -0.4 is 15.4 Å². The smallest absolute Gasteiger partial charge is 0.256 e. The average molecular weight is 638 g/mol. The number of ether oxygens (including phenoxy) is 1. The molecule has 1 atom stereocenters. The molecule has 0 radical (unpaired) electrons. The minimum absolute atomic E-state index is 0.0195. The summed E-state index contributed by atoms with van der Waals surface area (Å²) in [4.78, 5) is 30.9. The van der Waals surface area contributed by atoms with Gasteiger partial charge >= 0.3 is 0 Å². The Labute approximate surface area is 274 Å². The second-order valence-electron chi connectivity index (χ2n) is 12.0. The number of nitrogens with zero attached hydrogens (tertiary/aromatic N) is 6. The molecule has 0 bridgehead atoms. The number of benzene rings is 2. The van der Waals surface area contributed by atoms with Crippen molar-refractivity contribution in [3.05, 3.63) is 77.7 Å². The van der Waals surface area contributed by atoms with Gasteiger partial charge in [0.05, 0.1) is 24.1 Å². The number of para-hydroxylation sites is 2. The number of aromatic amines is 1. The van der Waals surface area contributed by atoms with Crippen LogP contribution in [0.5, 0.6) is 11.6 Å². The van der Waals surface area contributed by atoms with Crippen molar-refractivity contribution >= 4 is 28.4 Å². The predicted octanol–water partition coefficient (Wildman–Crippen LogP) is 4.59. The van der Waals surface area contributed by atoms with E-state index < -0.39 is 0 Å². The third-order valence-corrected chi connectivity index (χ3v) is 8.76. The number of aromatic nitrogens is 5. The van der Waals surface area contributed by atoms with E-state index in [1.54, 1.807) is 18.2 Å². The van der Waals surface area contributed by atoms with Gasteiger partial charge in [-0.25, -0.2) is 9.97 Å². The number of likely N-dealkylation sites (N-methyl/N-ethyl adjacent to an activating group) is 1. The van der Waals surface area contributed by atoms with Crippen LogP contribution in [0.25, 0.3) is 22.2 Å². The highest BCUT2D eigenvalue weighted by Gasteiger charge is 2.25. The van der Waals surface area contributed by atoms with E-state index >= 15 is 0 Å². The Morgan fingerprint density at radius 3 is 2.68 bits per heavy atom. The van der Waals surface area contributed by atoms with Crippen LogP contribution in [0.3, 0.4) is 0 Å². The summed E-state index contributed by atoms with van der Waals surface area (Å²) >= 11 is 0. The molecule has 6 rings (SSSR count). The van der Waals surface area contributed by atoms with E-state index in [2.05, 4.69) is 60.7 Å². The number of aromatic hydroxyl groups is 1. The summed E-state index contributed by atoms with van der Waals surface area (Å²) in [5.41, 5.74) is 5.98. The number of amides is 1. The number of H-pyrrole nitrogens is 1. The van der Waals surface area contributed by atoms with Crippen LogP contribution in [0.15, 0.2) is 61.1 Å². The van der Waals surface area contributed by atoms with Gasteiger partial charge in [0.2, 0.25) is 5.95 Å². The van der Waals surface area contributed by atoms with Crippen LogP contribution in [0.2, 0.25) is 0 Å². The highest BCUT2D eigenvalue weighted by Crippen LogP contribution is 2.33. The van der Waals surface area contributed by atoms with Crippen LogP contribution in [0.1, 0.15) is 35.3 Å². The summed E-state index contributed by atoms with van der Waals surface area (Å²) in [7, 11) is 2.14. The number of carbonyl (C=O) groups excluding carboxylic acids is 1. The summed E-state index contributed by atoms with van der Waals surface area (Å²) < 4.78 is 7.55. The van der Waals surface area contributed by atoms with Crippen molar-refractivity contribution in [1.29, 1.82) is 0 Å². The average Bonchev–Trinajstić information content (AvgIpc) is 3.69. The second-order valence-corrected chi connectivity index (χ2v) is 12.0. The molecule has 2 aromatic carbocycles. The topological polar surface area (TPSA) is 136 Å². The standard InChI is InChI=1S/C35H43N9O3/c1-5-44-22-29(34(41-44)47-6-2)39-35-38-19-23(3)31(40-35)28-21-36-32-24(10-9-12-26(28)32)18-25(43-16-14-42(4)15-17-43)20-37-33(46)27-11-7-8-13-30(27)45/h7-13,19,21-22,25,36,45H,5-6,14-18,20H2,1-4H3,(H,37,46)(H,38,39,40)/t25-/m1/s1. The van der Waals surface area contributed by atoms with E-state index in [-0.39, 0.29) is 23.3 Å². The number of anilines is 2. The summed E-state index contributed by atoms with van der Waals surface area (Å²) in [5, 5.41) is 22.2. The van der Waals surface area contributed by atoms with Gasteiger partial charge in [-0.05, 0) is 57.5 Å². The zero-order valence-corrected chi connectivity index (χ0v) is 27.5. The molecule has 12 nitrogen and oxygen atoms in total. The third kappa shape index (κ3) is 7.08. The van der Waals surface area contributed by atoms with Gasteiger partial charge in [0, 0.05) is 74.2 Å². The van der Waals surface area contributed by atoms with E-state index in [4.69, 9.17) is 9.72 Å².